The molecule has 0 aliphatic carbocycles. The third kappa shape index (κ3) is 3.93. The topological polar surface area (TPSA) is 46.6 Å². The maximum absolute atomic E-state index is 12.3. The van der Waals surface area contributed by atoms with E-state index in [4.69, 9.17) is 22.8 Å². The van der Waals surface area contributed by atoms with Crippen LogP contribution in [-0.2, 0) is 11.4 Å². The Kier molecular flexibility index (Phi) is 5.67. The van der Waals surface area contributed by atoms with E-state index < -0.39 is 0 Å². The summed E-state index contributed by atoms with van der Waals surface area (Å²) >= 11 is 7.02. The number of imide groups is 1. The van der Waals surface area contributed by atoms with Crippen LogP contribution in [0, 0.1) is 12.3 Å². The first kappa shape index (κ1) is 18.1. The van der Waals surface area contributed by atoms with Crippen molar-refractivity contribution in [1.82, 2.24) is 4.90 Å². The van der Waals surface area contributed by atoms with Crippen molar-refractivity contribution in [2.75, 3.05) is 6.54 Å². The Hall–Kier alpha value is -2.68. The van der Waals surface area contributed by atoms with Gasteiger partial charge in [-0.2, -0.15) is 0 Å². The monoisotopic (exact) mass is 383 g/mol. The van der Waals surface area contributed by atoms with Crippen LogP contribution < -0.4 is 4.74 Å². The van der Waals surface area contributed by atoms with E-state index in [1.165, 1.54) is 0 Å². The van der Waals surface area contributed by atoms with Gasteiger partial charge in [-0.3, -0.25) is 14.5 Å². The standard InChI is InChI=1S/C20H14ClNO3S/c1-2-11-22-19(23)18(26-20(22)24)12-14-7-4-6-10-17(14)25-13-15-8-3-5-9-16(15)21/h1,3-10,12H,11,13H2/b18-12+. The van der Waals surface area contributed by atoms with E-state index in [2.05, 4.69) is 5.92 Å². The second-order valence-electron chi connectivity index (χ2n) is 5.39. The molecule has 3 rings (SSSR count). The Bertz CT molecular complexity index is 933. The molecule has 0 spiro atoms. The number of halogens is 1. The molecule has 1 saturated heterocycles. The Labute approximate surface area is 160 Å². The molecule has 2 aromatic rings. The van der Waals surface area contributed by atoms with Crippen molar-refractivity contribution < 1.29 is 14.3 Å². The molecule has 1 aliphatic heterocycles. The van der Waals surface area contributed by atoms with E-state index in [-0.39, 0.29) is 17.7 Å². The van der Waals surface area contributed by atoms with Gasteiger partial charge >= 0.3 is 0 Å². The Morgan fingerprint density at radius 1 is 1.15 bits per heavy atom. The second kappa shape index (κ2) is 8.13. The molecule has 0 aromatic heterocycles. The highest BCUT2D eigenvalue weighted by molar-refractivity contribution is 8.18. The van der Waals surface area contributed by atoms with Crippen LogP contribution in [0.3, 0.4) is 0 Å². The summed E-state index contributed by atoms with van der Waals surface area (Å²) in [6, 6.07) is 14.7. The molecule has 130 valence electrons. The molecule has 4 nitrogen and oxygen atoms in total. The van der Waals surface area contributed by atoms with Gasteiger partial charge in [0.25, 0.3) is 11.1 Å². The normalized spacial score (nSPS) is 15.4. The highest BCUT2D eigenvalue weighted by Crippen LogP contribution is 2.34. The van der Waals surface area contributed by atoms with Gasteiger partial charge in [-0.1, -0.05) is 53.9 Å². The van der Waals surface area contributed by atoms with Gasteiger partial charge in [0.05, 0.1) is 11.4 Å². The number of carbonyl (C=O) groups excluding carboxylic acids is 2. The van der Waals surface area contributed by atoms with Gasteiger partial charge in [-0.15, -0.1) is 6.42 Å². The molecule has 0 bridgehead atoms. The molecule has 6 heteroatoms. The van der Waals surface area contributed by atoms with Crippen LogP contribution in [0.2, 0.25) is 5.02 Å². The maximum atomic E-state index is 12.3. The fraction of sp³-hybridized carbons (Fsp3) is 0.100. The SMILES string of the molecule is C#CCN1C(=O)S/C(=C/c2ccccc2OCc2ccccc2Cl)C1=O. The average molecular weight is 384 g/mol. The molecule has 0 radical (unpaired) electrons. The first-order valence-electron chi connectivity index (χ1n) is 7.74. The molecule has 1 aliphatic rings. The third-order valence-electron chi connectivity index (χ3n) is 3.67. The number of amides is 2. The number of hydrogen-bond donors (Lipinski definition) is 0. The van der Waals surface area contributed by atoms with Crippen molar-refractivity contribution in [1.29, 1.82) is 0 Å². The van der Waals surface area contributed by atoms with Gasteiger partial charge in [0.2, 0.25) is 0 Å². The van der Waals surface area contributed by atoms with Crippen LogP contribution in [0.25, 0.3) is 6.08 Å². The average Bonchev–Trinajstić information content (AvgIpc) is 2.90. The minimum atomic E-state index is -0.390. The van der Waals surface area contributed by atoms with Crippen molar-refractivity contribution in [2.24, 2.45) is 0 Å². The van der Waals surface area contributed by atoms with Gasteiger partial charge in [0.15, 0.2) is 0 Å². The molecule has 0 unspecified atom stereocenters. The van der Waals surface area contributed by atoms with E-state index in [1.54, 1.807) is 18.2 Å². The first-order valence-corrected chi connectivity index (χ1v) is 8.93. The van der Waals surface area contributed by atoms with Gasteiger partial charge in [-0.05, 0) is 30.0 Å². The van der Waals surface area contributed by atoms with Crippen molar-refractivity contribution in [2.45, 2.75) is 6.61 Å². The molecule has 26 heavy (non-hydrogen) atoms. The number of ether oxygens (including phenoxy) is 1. The van der Waals surface area contributed by atoms with E-state index in [9.17, 15) is 9.59 Å². The van der Waals surface area contributed by atoms with Crippen LogP contribution in [0.15, 0.2) is 53.4 Å². The highest BCUT2D eigenvalue weighted by atomic mass is 35.5. The molecule has 0 saturated carbocycles. The van der Waals surface area contributed by atoms with E-state index in [1.807, 2.05) is 36.4 Å². The molecule has 2 aromatic carbocycles. The quantitative estimate of drug-likeness (QED) is 0.559. The van der Waals surface area contributed by atoms with Crippen molar-refractivity contribution in [3.63, 3.8) is 0 Å². The lowest BCUT2D eigenvalue weighted by atomic mass is 10.1. The van der Waals surface area contributed by atoms with Gasteiger partial charge in [0, 0.05) is 16.1 Å². The summed E-state index contributed by atoms with van der Waals surface area (Å²) in [5.74, 6) is 2.52. The summed E-state index contributed by atoms with van der Waals surface area (Å²) in [7, 11) is 0. The van der Waals surface area contributed by atoms with Crippen molar-refractivity contribution in [3.8, 4) is 18.1 Å². The zero-order chi connectivity index (χ0) is 18.5. The molecule has 0 atom stereocenters. The summed E-state index contributed by atoms with van der Waals surface area (Å²) < 4.78 is 5.87. The summed E-state index contributed by atoms with van der Waals surface area (Å²) in [6.07, 6.45) is 6.85. The fourth-order valence-corrected chi connectivity index (χ4v) is 3.39. The lowest BCUT2D eigenvalue weighted by Crippen LogP contribution is -2.28. The second-order valence-corrected chi connectivity index (χ2v) is 6.79. The van der Waals surface area contributed by atoms with Gasteiger partial charge in [0.1, 0.15) is 12.4 Å². The largest absolute Gasteiger partial charge is 0.488 e. The molecular weight excluding hydrogens is 370 g/mol. The zero-order valence-corrected chi connectivity index (χ0v) is 15.2. The Morgan fingerprint density at radius 3 is 2.65 bits per heavy atom. The predicted molar refractivity (Wildman–Crippen MR) is 104 cm³/mol. The molecular formula is C20H14ClNO3S. The number of hydrogen-bond acceptors (Lipinski definition) is 4. The van der Waals surface area contributed by atoms with Crippen LogP contribution >= 0.6 is 23.4 Å². The molecule has 1 heterocycles. The Morgan fingerprint density at radius 2 is 1.88 bits per heavy atom. The Balaban J connectivity index is 1.82. The zero-order valence-electron chi connectivity index (χ0n) is 13.6. The summed E-state index contributed by atoms with van der Waals surface area (Å²) in [6.45, 7) is 0.260. The van der Waals surface area contributed by atoms with Crippen LogP contribution in [-0.4, -0.2) is 22.6 Å². The lowest BCUT2D eigenvalue weighted by molar-refractivity contribution is -0.122. The van der Waals surface area contributed by atoms with Gasteiger partial charge < -0.3 is 4.74 Å². The summed E-state index contributed by atoms with van der Waals surface area (Å²) in [4.78, 5) is 25.6. The number of thioether (sulfide) groups is 1. The van der Waals surface area contributed by atoms with Crippen LogP contribution in [0.1, 0.15) is 11.1 Å². The van der Waals surface area contributed by atoms with Crippen LogP contribution in [0.5, 0.6) is 5.75 Å². The maximum Gasteiger partial charge on any atom is 0.294 e. The number of para-hydroxylation sites is 1. The first-order chi connectivity index (χ1) is 12.6. The van der Waals surface area contributed by atoms with Gasteiger partial charge in [-0.25, -0.2) is 0 Å². The van der Waals surface area contributed by atoms with Crippen molar-refractivity contribution in [3.05, 3.63) is 69.6 Å². The van der Waals surface area contributed by atoms with E-state index in [0.717, 1.165) is 22.2 Å². The van der Waals surface area contributed by atoms with Crippen molar-refractivity contribution >= 4 is 40.6 Å². The van der Waals surface area contributed by atoms with E-state index in [0.29, 0.717) is 27.8 Å². The minimum Gasteiger partial charge on any atom is -0.488 e. The molecule has 1 fully saturated rings. The van der Waals surface area contributed by atoms with Crippen LogP contribution in [0.4, 0.5) is 4.79 Å². The van der Waals surface area contributed by atoms with E-state index >= 15 is 0 Å². The number of nitrogens with zero attached hydrogens (tertiary/aromatic N) is 1. The number of benzene rings is 2. The molecule has 2 amide bonds. The number of terminal acetylenes is 1. The number of carbonyl (C=O) groups is 2. The summed E-state index contributed by atoms with van der Waals surface area (Å²) in [5.41, 5.74) is 1.56. The molecule has 0 N–H and O–H groups in total. The smallest absolute Gasteiger partial charge is 0.294 e. The summed E-state index contributed by atoms with van der Waals surface area (Å²) in [5, 5.41) is 0.258. The minimum absolute atomic E-state index is 0.0351. The fourth-order valence-electron chi connectivity index (χ4n) is 2.37. The highest BCUT2D eigenvalue weighted by Gasteiger charge is 2.34. The lowest BCUT2D eigenvalue weighted by Gasteiger charge is -2.10. The third-order valence-corrected chi connectivity index (χ3v) is 4.95. The predicted octanol–water partition coefficient (Wildman–Crippen LogP) is 4.59. The number of rotatable bonds is 5.